The smallest absolute Gasteiger partial charge is 0.141 e. The van der Waals surface area contributed by atoms with Crippen LogP contribution in [-0.2, 0) is 0 Å². The minimum Gasteiger partial charge on any atom is -0.205 e. The fraction of sp³-hybridized carbons (Fsp3) is 0.300. The first-order chi connectivity index (χ1) is 6.25. The van der Waals surface area contributed by atoms with E-state index < -0.39 is 0 Å². The van der Waals surface area contributed by atoms with Gasteiger partial charge in [-0.05, 0) is 29.9 Å². The van der Waals surface area contributed by atoms with Gasteiger partial charge < -0.3 is 0 Å². The quantitative estimate of drug-likeness (QED) is 0.727. The Hall–Kier alpha value is -0.210. The molecule has 1 aliphatic rings. The Morgan fingerprint density at radius 1 is 1.54 bits per heavy atom. The number of thioether (sulfide) groups is 1. The zero-order valence-corrected chi connectivity index (χ0v) is 8.54. The number of halogens is 2. The normalized spacial score (nSPS) is 21.2. The Morgan fingerprint density at radius 3 is 2.85 bits per heavy atom. The van der Waals surface area contributed by atoms with Gasteiger partial charge in [0.05, 0.1) is 5.02 Å². The third-order valence-corrected chi connectivity index (χ3v) is 3.62. The highest BCUT2D eigenvalue weighted by atomic mass is 35.5. The van der Waals surface area contributed by atoms with E-state index in [0.29, 0.717) is 5.25 Å². The maximum atomic E-state index is 12.8. The first-order valence-corrected chi connectivity index (χ1v) is 5.60. The van der Waals surface area contributed by atoms with Crippen LogP contribution < -0.4 is 0 Å². The summed E-state index contributed by atoms with van der Waals surface area (Å²) in [6, 6.07) is 4.85. The van der Waals surface area contributed by atoms with Gasteiger partial charge in [-0.15, -0.1) is 0 Å². The summed E-state index contributed by atoms with van der Waals surface area (Å²) in [4.78, 5) is 0. The molecule has 1 unspecified atom stereocenters. The Kier molecular flexibility index (Phi) is 2.80. The third-order valence-electron chi connectivity index (χ3n) is 2.06. The second-order valence-electron chi connectivity index (χ2n) is 3.04. The maximum absolute atomic E-state index is 12.8. The van der Waals surface area contributed by atoms with Gasteiger partial charge in [0.25, 0.3) is 0 Å². The van der Waals surface area contributed by atoms with Crippen molar-refractivity contribution in [1.29, 1.82) is 0 Å². The predicted molar refractivity (Wildman–Crippen MR) is 55.7 cm³/mol. The summed E-state index contributed by atoms with van der Waals surface area (Å²) in [5, 5.41) is 0.805. The molecule has 0 spiro atoms. The minimum absolute atomic E-state index is 0.207. The number of benzene rings is 1. The van der Waals surface area contributed by atoms with Gasteiger partial charge in [-0.2, -0.15) is 11.8 Å². The van der Waals surface area contributed by atoms with Crippen molar-refractivity contribution in [3.63, 3.8) is 0 Å². The molecule has 0 aliphatic carbocycles. The molecule has 1 atom stereocenters. The highest BCUT2D eigenvalue weighted by Crippen LogP contribution is 2.32. The van der Waals surface area contributed by atoms with E-state index in [1.54, 1.807) is 12.1 Å². The van der Waals surface area contributed by atoms with E-state index in [1.165, 1.54) is 18.2 Å². The summed E-state index contributed by atoms with van der Waals surface area (Å²) in [6.07, 6.45) is 3.36. The van der Waals surface area contributed by atoms with Gasteiger partial charge in [0.1, 0.15) is 5.82 Å². The van der Waals surface area contributed by atoms with Crippen LogP contribution in [0.3, 0.4) is 0 Å². The van der Waals surface area contributed by atoms with Crippen LogP contribution in [0.15, 0.2) is 18.2 Å². The maximum Gasteiger partial charge on any atom is 0.141 e. The molecular formula is C10H9ClFS. The van der Waals surface area contributed by atoms with Crippen molar-refractivity contribution in [2.24, 2.45) is 0 Å². The van der Waals surface area contributed by atoms with Gasteiger partial charge in [-0.1, -0.05) is 17.7 Å². The van der Waals surface area contributed by atoms with Crippen LogP contribution >= 0.6 is 23.4 Å². The molecule has 1 aromatic rings. The molecule has 1 radical (unpaired) electrons. The van der Waals surface area contributed by atoms with Gasteiger partial charge in [-0.3, -0.25) is 0 Å². The molecule has 1 heterocycles. The van der Waals surface area contributed by atoms with Crippen LogP contribution in [0.5, 0.6) is 0 Å². The number of hydrogen-bond donors (Lipinski definition) is 0. The molecule has 13 heavy (non-hydrogen) atoms. The van der Waals surface area contributed by atoms with Crippen molar-refractivity contribution in [2.45, 2.75) is 11.7 Å². The van der Waals surface area contributed by atoms with Crippen molar-refractivity contribution < 1.29 is 4.39 Å². The van der Waals surface area contributed by atoms with E-state index in [0.717, 1.165) is 5.56 Å². The third kappa shape index (κ3) is 2.18. The summed E-state index contributed by atoms with van der Waals surface area (Å²) in [6.45, 7) is 0. The Balaban J connectivity index is 2.07. The average Bonchev–Trinajstić information content (AvgIpc) is 2.04. The summed E-state index contributed by atoms with van der Waals surface area (Å²) in [7, 11) is 0. The molecule has 0 amide bonds. The lowest BCUT2D eigenvalue weighted by atomic mass is 10.1. The van der Waals surface area contributed by atoms with E-state index in [-0.39, 0.29) is 10.8 Å². The predicted octanol–water partition coefficient (Wildman–Crippen LogP) is 3.54. The SMILES string of the molecule is Fc1ccc([CH]C2CCS2)cc1Cl. The lowest BCUT2D eigenvalue weighted by Gasteiger charge is -2.24. The Morgan fingerprint density at radius 2 is 2.31 bits per heavy atom. The van der Waals surface area contributed by atoms with E-state index in [4.69, 9.17) is 11.6 Å². The van der Waals surface area contributed by atoms with Crippen molar-refractivity contribution in [3.8, 4) is 0 Å². The summed E-state index contributed by atoms with van der Waals surface area (Å²) in [5.74, 6) is 0.885. The first kappa shape index (κ1) is 9.35. The highest BCUT2D eigenvalue weighted by molar-refractivity contribution is 8.01. The summed E-state index contributed by atoms with van der Waals surface area (Å²) in [5.41, 5.74) is 1.02. The van der Waals surface area contributed by atoms with E-state index in [9.17, 15) is 4.39 Å². The van der Waals surface area contributed by atoms with E-state index >= 15 is 0 Å². The molecule has 69 valence electrons. The van der Waals surface area contributed by atoms with Crippen LogP contribution in [-0.4, -0.2) is 11.0 Å². The standard InChI is InChI=1S/C10H9ClFS/c11-9-6-7(1-2-10(9)12)5-8-3-4-13-8/h1-2,5-6,8H,3-4H2. The Bertz CT molecular complexity index is 310. The van der Waals surface area contributed by atoms with Gasteiger partial charge in [0.15, 0.2) is 0 Å². The number of hydrogen-bond acceptors (Lipinski definition) is 1. The zero-order valence-electron chi connectivity index (χ0n) is 6.97. The molecule has 0 N–H and O–H groups in total. The van der Waals surface area contributed by atoms with Crippen molar-refractivity contribution in [3.05, 3.63) is 41.0 Å². The van der Waals surface area contributed by atoms with Crippen LogP contribution in [0.2, 0.25) is 5.02 Å². The van der Waals surface area contributed by atoms with Crippen LogP contribution in [0.1, 0.15) is 12.0 Å². The second kappa shape index (κ2) is 3.89. The Labute approximate surface area is 86.5 Å². The topological polar surface area (TPSA) is 0 Å². The molecule has 0 saturated carbocycles. The average molecular weight is 216 g/mol. The van der Waals surface area contributed by atoms with Gasteiger partial charge in [-0.25, -0.2) is 4.39 Å². The summed E-state index contributed by atoms with van der Waals surface area (Å²) < 4.78 is 12.8. The largest absolute Gasteiger partial charge is 0.205 e. The highest BCUT2D eigenvalue weighted by Gasteiger charge is 2.18. The molecule has 3 heteroatoms. The molecule has 0 nitrogen and oxygen atoms in total. The molecule has 1 aliphatic heterocycles. The molecule has 2 rings (SSSR count). The molecule has 0 aromatic heterocycles. The van der Waals surface area contributed by atoms with Crippen LogP contribution in [0, 0.1) is 12.2 Å². The number of rotatable bonds is 2. The van der Waals surface area contributed by atoms with Gasteiger partial charge in [0.2, 0.25) is 0 Å². The van der Waals surface area contributed by atoms with E-state index in [1.807, 2.05) is 11.8 Å². The lowest BCUT2D eigenvalue weighted by molar-refractivity contribution is 0.628. The van der Waals surface area contributed by atoms with Crippen LogP contribution in [0.4, 0.5) is 4.39 Å². The molecule has 1 aromatic carbocycles. The fourth-order valence-corrected chi connectivity index (χ4v) is 2.17. The van der Waals surface area contributed by atoms with Gasteiger partial charge >= 0.3 is 0 Å². The molecule has 1 fully saturated rings. The zero-order chi connectivity index (χ0) is 9.26. The van der Waals surface area contributed by atoms with Gasteiger partial charge in [0, 0.05) is 11.7 Å². The molecule has 0 bridgehead atoms. The van der Waals surface area contributed by atoms with Crippen molar-refractivity contribution >= 4 is 23.4 Å². The molecule has 1 saturated heterocycles. The second-order valence-corrected chi connectivity index (χ2v) is 4.79. The molecular weight excluding hydrogens is 207 g/mol. The van der Waals surface area contributed by atoms with Crippen molar-refractivity contribution in [2.75, 3.05) is 5.75 Å². The summed E-state index contributed by atoms with van der Waals surface area (Å²) >= 11 is 7.57. The lowest BCUT2D eigenvalue weighted by Crippen LogP contribution is -2.16. The van der Waals surface area contributed by atoms with E-state index in [2.05, 4.69) is 6.42 Å². The van der Waals surface area contributed by atoms with Crippen LogP contribution in [0.25, 0.3) is 0 Å². The van der Waals surface area contributed by atoms with Crippen molar-refractivity contribution in [1.82, 2.24) is 0 Å². The fourth-order valence-electron chi connectivity index (χ4n) is 1.22. The monoisotopic (exact) mass is 215 g/mol. The first-order valence-electron chi connectivity index (χ1n) is 4.17. The minimum atomic E-state index is -0.347.